The highest BCUT2D eigenvalue weighted by Gasteiger charge is 2.31. The fourth-order valence-corrected chi connectivity index (χ4v) is 2.45. The molecule has 1 aromatic heterocycles. The Balaban J connectivity index is 1.72. The minimum absolute atomic E-state index is 0.0306. The Labute approximate surface area is 161 Å². The molecule has 0 aliphatic rings. The zero-order chi connectivity index (χ0) is 21.2. The summed E-state index contributed by atoms with van der Waals surface area (Å²) in [6.07, 6.45) is -3.21. The number of nitrogens with zero attached hydrogens (tertiary/aromatic N) is 2. The molecule has 0 unspecified atom stereocenters. The van der Waals surface area contributed by atoms with Crippen molar-refractivity contribution in [2.24, 2.45) is 0 Å². The summed E-state index contributed by atoms with van der Waals surface area (Å²) in [5.74, 6) is -0.790. The van der Waals surface area contributed by atoms with Crippen molar-refractivity contribution in [2.75, 3.05) is 22.1 Å². The van der Waals surface area contributed by atoms with Crippen molar-refractivity contribution in [3.63, 3.8) is 0 Å². The van der Waals surface area contributed by atoms with Crippen LogP contribution >= 0.6 is 0 Å². The molecule has 3 aromatic rings. The van der Waals surface area contributed by atoms with E-state index < -0.39 is 29.3 Å². The summed E-state index contributed by atoms with van der Waals surface area (Å²) in [6.45, 7) is 0. The highest BCUT2D eigenvalue weighted by Crippen LogP contribution is 2.32. The van der Waals surface area contributed by atoms with E-state index in [9.17, 15) is 22.4 Å². The summed E-state index contributed by atoms with van der Waals surface area (Å²) < 4.78 is 51.9. The molecule has 2 aromatic carbocycles. The predicted molar refractivity (Wildman–Crippen MR) is 100 cm³/mol. The Kier molecular flexibility index (Phi) is 5.22. The summed E-state index contributed by atoms with van der Waals surface area (Å²) in [5, 5.41) is 4.45. The first-order valence-corrected chi connectivity index (χ1v) is 8.06. The van der Waals surface area contributed by atoms with Gasteiger partial charge in [-0.2, -0.15) is 18.2 Å². The van der Waals surface area contributed by atoms with Crippen LogP contribution in [0, 0.1) is 5.82 Å². The monoisotopic (exact) mass is 406 g/mol. The second-order valence-corrected chi connectivity index (χ2v) is 5.88. The van der Waals surface area contributed by atoms with E-state index in [0.29, 0.717) is 35.0 Å². The molecule has 0 spiro atoms. The quantitative estimate of drug-likeness (QED) is 0.488. The summed E-state index contributed by atoms with van der Waals surface area (Å²) in [4.78, 5) is 19.7. The molecule has 0 fully saturated rings. The number of hydrogen-bond donors (Lipinski definition) is 4. The van der Waals surface area contributed by atoms with Gasteiger partial charge in [-0.1, -0.05) is 12.1 Å². The number of nitrogen functional groups attached to an aromatic ring is 2. The minimum Gasteiger partial charge on any atom is -0.383 e. The molecule has 0 saturated carbocycles. The van der Waals surface area contributed by atoms with Crippen LogP contribution in [-0.2, 0) is 6.18 Å². The number of anilines is 4. The first-order chi connectivity index (χ1) is 13.6. The van der Waals surface area contributed by atoms with Gasteiger partial charge in [0.15, 0.2) is 0 Å². The molecule has 0 aliphatic heterocycles. The molecular weight excluding hydrogens is 392 g/mol. The van der Waals surface area contributed by atoms with E-state index in [2.05, 4.69) is 20.6 Å². The first-order valence-electron chi connectivity index (χ1n) is 8.06. The molecule has 2 amide bonds. The van der Waals surface area contributed by atoms with E-state index in [0.717, 1.165) is 0 Å². The van der Waals surface area contributed by atoms with Gasteiger partial charge in [0, 0.05) is 17.4 Å². The van der Waals surface area contributed by atoms with Crippen LogP contribution in [0.1, 0.15) is 5.56 Å². The van der Waals surface area contributed by atoms with Crippen molar-refractivity contribution >= 4 is 29.2 Å². The minimum atomic E-state index is -4.66. The fraction of sp³-hybridized carbons (Fsp3) is 0.0556. The highest BCUT2D eigenvalue weighted by atomic mass is 19.4. The second kappa shape index (κ2) is 7.62. The standard InChI is InChI=1S/C18H14F4N6O/c19-13-6-3-10(18(20,21)22)7-14(13)27-17(29)26-11-4-1-9(2-5-11)12-8-25-16(24)28-15(12)23/h1-8H,(H2,26,27,29)(H4,23,24,25,28). The van der Waals surface area contributed by atoms with Gasteiger partial charge in [-0.05, 0) is 35.9 Å². The van der Waals surface area contributed by atoms with E-state index in [4.69, 9.17) is 11.5 Å². The molecule has 0 saturated heterocycles. The average Bonchev–Trinajstić information content (AvgIpc) is 2.63. The molecule has 0 bridgehead atoms. The molecule has 11 heteroatoms. The Morgan fingerprint density at radius 1 is 1.00 bits per heavy atom. The molecule has 150 valence electrons. The van der Waals surface area contributed by atoms with E-state index in [-0.39, 0.29) is 11.8 Å². The molecule has 3 rings (SSSR count). The average molecular weight is 406 g/mol. The number of urea groups is 1. The Morgan fingerprint density at radius 2 is 1.69 bits per heavy atom. The lowest BCUT2D eigenvalue weighted by Crippen LogP contribution is -2.20. The van der Waals surface area contributed by atoms with Gasteiger partial charge in [-0.25, -0.2) is 14.2 Å². The number of hydrogen-bond acceptors (Lipinski definition) is 5. The number of alkyl halides is 3. The Morgan fingerprint density at radius 3 is 2.31 bits per heavy atom. The van der Waals surface area contributed by atoms with Crippen LogP contribution in [0.5, 0.6) is 0 Å². The largest absolute Gasteiger partial charge is 0.416 e. The zero-order valence-corrected chi connectivity index (χ0v) is 14.6. The molecule has 7 nitrogen and oxygen atoms in total. The summed E-state index contributed by atoms with van der Waals surface area (Å²) in [5.41, 5.74) is 11.0. The third-order valence-corrected chi connectivity index (χ3v) is 3.83. The maximum absolute atomic E-state index is 13.7. The van der Waals surface area contributed by atoms with Crippen molar-refractivity contribution < 1.29 is 22.4 Å². The van der Waals surface area contributed by atoms with Crippen molar-refractivity contribution in [1.29, 1.82) is 0 Å². The number of halogens is 4. The molecular formula is C18H14F4N6O. The number of aromatic nitrogens is 2. The molecule has 0 aliphatic carbocycles. The lowest BCUT2D eigenvalue weighted by Gasteiger charge is -2.12. The van der Waals surface area contributed by atoms with Crippen LogP contribution < -0.4 is 22.1 Å². The third-order valence-electron chi connectivity index (χ3n) is 3.83. The number of rotatable bonds is 3. The number of nitrogens with one attached hydrogen (secondary N) is 2. The van der Waals surface area contributed by atoms with E-state index in [1.54, 1.807) is 12.1 Å². The summed E-state index contributed by atoms with van der Waals surface area (Å²) in [7, 11) is 0. The highest BCUT2D eigenvalue weighted by molar-refractivity contribution is 6.00. The fourth-order valence-electron chi connectivity index (χ4n) is 2.45. The van der Waals surface area contributed by atoms with Gasteiger partial charge in [0.05, 0.1) is 11.3 Å². The normalized spacial score (nSPS) is 11.2. The van der Waals surface area contributed by atoms with Gasteiger partial charge in [-0.15, -0.1) is 0 Å². The van der Waals surface area contributed by atoms with Gasteiger partial charge >= 0.3 is 12.2 Å². The zero-order valence-electron chi connectivity index (χ0n) is 14.6. The predicted octanol–water partition coefficient (Wildman–Crippen LogP) is 4.11. The smallest absolute Gasteiger partial charge is 0.383 e. The number of nitrogens with two attached hydrogens (primary N) is 2. The Hall–Kier alpha value is -3.89. The van der Waals surface area contributed by atoms with Gasteiger partial charge in [-0.3, -0.25) is 0 Å². The van der Waals surface area contributed by atoms with Crippen LogP contribution in [0.2, 0.25) is 0 Å². The number of amides is 2. The van der Waals surface area contributed by atoms with Crippen LogP contribution in [-0.4, -0.2) is 16.0 Å². The molecule has 0 atom stereocenters. The summed E-state index contributed by atoms with van der Waals surface area (Å²) in [6, 6.07) is 7.10. The van der Waals surface area contributed by atoms with Gasteiger partial charge in [0.2, 0.25) is 5.95 Å². The van der Waals surface area contributed by atoms with E-state index in [1.165, 1.54) is 18.3 Å². The molecule has 1 heterocycles. The van der Waals surface area contributed by atoms with Crippen molar-refractivity contribution in [2.45, 2.75) is 6.18 Å². The number of benzene rings is 2. The lowest BCUT2D eigenvalue weighted by atomic mass is 10.1. The van der Waals surface area contributed by atoms with Crippen molar-refractivity contribution in [1.82, 2.24) is 9.97 Å². The van der Waals surface area contributed by atoms with Crippen LogP contribution in [0.4, 0.5) is 45.5 Å². The van der Waals surface area contributed by atoms with Crippen LogP contribution in [0.25, 0.3) is 11.1 Å². The maximum atomic E-state index is 13.7. The van der Waals surface area contributed by atoms with E-state index >= 15 is 0 Å². The maximum Gasteiger partial charge on any atom is 0.416 e. The van der Waals surface area contributed by atoms with Crippen molar-refractivity contribution in [3.05, 3.63) is 60.0 Å². The number of carbonyl (C=O) groups is 1. The van der Waals surface area contributed by atoms with Crippen molar-refractivity contribution in [3.8, 4) is 11.1 Å². The van der Waals surface area contributed by atoms with Crippen LogP contribution in [0.15, 0.2) is 48.7 Å². The van der Waals surface area contributed by atoms with Gasteiger partial charge in [0.25, 0.3) is 0 Å². The molecule has 6 N–H and O–H groups in total. The lowest BCUT2D eigenvalue weighted by molar-refractivity contribution is -0.137. The third kappa shape index (κ3) is 4.69. The SMILES string of the molecule is Nc1ncc(-c2ccc(NC(=O)Nc3cc(C(F)(F)F)ccc3F)cc2)c(N)n1. The summed E-state index contributed by atoms with van der Waals surface area (Å²) >= 11 is 0. The molecule has 29 heavy (non-hydrogen) atoms. The van der Waals surface area contributed by atoms with Crippen LogP contribution in [0.3, 0.4) is 0 Å². The molecule has 0 radical (unpaired) electrons. The first kappa shape index (κ1) is 19.9. The van der Waals surface area contributed by atoms with E-state index in [1.807, 2.05) is 0 Å². The second-order valence-electron chi connectivity index (χ2n) is 5.88. The topological polar surface area (TPSA) is 119 Å². The van der Waals surface area contributed by atoms with Gasteiger partial charge in [0.1, 0.15) is 11.6 Å². The van der Waals surface area contributed by atoms with Gasteiger partial charge < -0.3 is 22.1 Å². The Bertz CT molecular complexity index is 1050. The number of carbonyl (C=O) groups excluding carboxylic acids is 1.